The highest BCUT2D eigenvalue weighted by atomic mass is 19.1. The molecule has 3 heterocycles. The maximum absolute atomic E-state index is 15.4. The quantitative estimate of drug-likeness (QED) is 0.713. The average molecular weight is 405 g/mol. The average Bonchev–Trinajstić information content (AvgIpc) is 3.25. The second-order valence-corrected chi connectivity index (χ2v) is 6.68. The lowest BCUT2D eigenvalue weighted by molar-refractivity contribution is 0.0958. The largest absolute Gasteiger partial charge is 0.364 e. The van der Waals surface area contributed by atoms with Gasteiger partial charge < -0.3 is 14.8 Å². The van der Waals surface area contributed by atoms with Crippen LogP contribution in [-0.2, 0) is 6.54 Å². The highest BCUT2D eigenvalue weighted by molar-refractivity contribution is 5.99. The zero-order valence-corrected chi connectivity index (χ0v) is 15.4. The van der Waals surface area contributed by atoms with Gasteiger partial charge in [-0.1, -0.05) is 0 Å². The molecule has 7 nitrogen and oxygen atoms in total. The number of alkyl halides is 1. The molecule has 1 fully saturated rings. The third-order valence-electron chi connectivity index (χ3n) is 4.96. The van der Waals surface area contributed by atoms with Gasteiger partial charge in [-0.05, 0) is 6.07 Å². The van der Waals surface area contributed by atoms with Crippen LogP contribution in [-0.4, -0.2) is 52.9 Å². The Labute approximate surface area is 163 Å². The van der Waals surface area contributed by atoms with E-state index in [1.54, 1.807) is 4.90 Å². The summed E-state index contributed by atoms with van der Waals surface area (Å²) in [5.41, 5.74) is -1.61. The van der Waals surface area contributed by atoms with Crippen molar-refractivity contribution < 1.29 is 18.0 Å². The van der Waals surface area contributed by atoms with Crippen LogP contribution in [0.4, 0.5) is 18.9 Å². The number of nitrogens with zero attached hydrogens (tertiary/aromatic N) is 4. The van der Waals surface area contributed by atoms with Crippen molar-refractivity contribution in [2.24, 2.45) is 0 Å². The Kier molecular flexibility index (Phi) is 5.10. The number of rotatable bonds is 4. The fraction of sp³-hybridized carbons (Fsp3) is 0.316. The summed E-state index contributed by atoms with van der Waals surface area (Å²) in [6.45, 7) is 0.772. The van der Waals surface area contributed by atoms with Crippen molar-refractivity contribution in [1.29, 1.82) is 0 Å². The van der Waals surface area contributed by atoms with Crippen LogP contribution < -0.4 is 15.6 Å². The van der Waals surface area contributed by atoms with Gasteiger partial charge >= 0.3 is 0 Å². The predicted octanol–water partition coefficient (Wildman–Crippen LogP) is 1.54. The maximum Gasteiger partial charge on any atom is 0.268 e. The summed E-state index contributed by atoms with van der Waals surface area (Å²) < 4.78 is 45.6. The van der Waals surface area contributed by atoms with E-state index in [9.17, 15) is 18.4 Å². The van der Waals surface area contributed by atoms with Gasteiger partial charge in [0.2, 0.25) is 5.43 Å². The smallest absolute Gasteiger partial charge is 0.268 e. The van der Waals surface area contributed by atoms with E-state index in [0.29, 0.717) is 26.2 Å². The Morgan fingerprint density at radius 1 is 1.24 bits per heavy atom. The molecule has 0 radical (unpaired) electrons. The fourth-order valence-corrected chi connectivity index (χ4v) is 3.59. The Morgan fingerprint density at radius 3 is 2.66 bits per heavy atom. The Balaban J connectivity index is 1.96. The zero-order valence-electron chi connectivity index (χ0n) is 15.4. The van der Waals surface area contributed by atoms with E-state index >= 15 is 4.39 Å². The van der Waals surface area contributed by atoms with Crippen LogP contribution >= 0.6 is 0 Å². The first-order chi connectivity index (χ1) is 14.0. The molecule has 0 saturated carbocycles. The van der Waals surface area contributed by atoms with Crippen molar-refractivity contribution in [2.75, 3.05) is 37.8 Å². The highest BCUT2D eigenvalue weighted by Crippen LogP contribution is 2.30. The third-order valence-corrected chi connectivity index (χ3v) is 4.96. The van der Waals surface area contributed by atoms with Crippen molar-refractivity contribution in [2.45, 2.75) is 6.54 Å². The highest BCUT2D eigenvalue weighted by Gasteiger charge is 2.26. The van der Waals surface area contributed by atoms with Crippen molar-refractivity contribution in [3.05, 3.63) is 58.4 Å². The number of halogens is 3. The molecule has 0 bridgehead atoms. The summed E-state index contributed by atoms with van der Waals surface area (Å²) in [5, 5.41) is 2.79. The molecule has 0 atom stereocenters. The molecule has 1 aliphatic rings. The normalized spacial score (nSPS) is 14.5. The number of hydrogen-bond acceptors (Lipinski definition) is 5. The number of benzene rings is 1. The first kappa shape index (κ1) is 19.2. The van der Waals surface area contributed by atoms with Crippen LogP contribution in [0.3, 0.4) is 0 Å². The number of fused-ring (bicyclic) bond motifs is 1. The Hall–Kier alpha value is -3.14. The number of aromatic nitrogens is 3. The topological polar surface area (TPSA) is 72.2 Å². The molecule has 152 valence electrons. The molecule has 29 heavy (non-hydrogen) atoms. The fourth-order valence-electron chi connectivity index (χ4n) is 3.59. The molecule has 1 saturated heterocycles. The summed E-state index contributed by atoms with van der Waals surface area (Å²) in [6.07, 6.45) is 5.04. The molecule has 0 aliphatic carbocycles. The van der Waals surface area contributed by atoms with Crippen LogP contribution in [0, 0.1) is 11.6 Å². The number of piperazine rings is 1. The Bertz CT molecular complexity index is 1120. The number of pyridine rings is 1. The second-order valence-electron chi connectivity index (χ2n) is 6.68. The summed E-state index contributed by atoms with van der Waals surface area (Å²) in [5.74, 6) is -2.55. The molecular formula is C19H18F3N5O2. The Morgan fingerprint density at radius 2 is 2.00 bits per heavy atom. The molecule has 3 aromatic rings. The first-order valence-corrected chi connectivity index (χ1v) is 9.12. The van der Waals surface area contributed by atoms with E-state index in [1.807, 2.05) is 0 Å². The van der Waals surface area contributed by atoms with Crippen LogP contribution in [0.2, 0.25) is 0 Å². The van der Waals surface area contributed by atoms with Crippen LogP contribution in [0.1, 0.15) is 10.4 Å². The molecule has 1 aromatic carbocycles. The minimum Gasteiger partial charge on any atom is -0.364 e. The lowest BCUT2D eigenvalue weighted by Gasteiger charge is -2.30. The van der Waals surface area contributed by atoms with Gasteiger partial charge in [0, 0.05) is 44.8 Å². The number of aryl methyl sites for hydroxylation is 1. The van der Waals surface area contributed by atoms with E-state index in [2.05, 4.69) is 10.3 Å². The first-order valence-electron chi connectivity index (χ1n) is 9.12. The summed E-state index contributed by atoms with van der Waals surface area (Å²) >= 11 is 0. The van der Waals surface area contributed by atoms with Crippen LogP contribution in [0.5, 0.6) is 0 Å². The van der Waals surface area contributed by atoms with Gasteiger partial charge in [0.05, 0.1) is 17.4 Å². The van der Waals surface area contributed by atoms with E-state index in [4.69, 9.17) is 0 Å². The number of anilines is 1. The molecule has 10 heteroatoms. The maximum atomic E-state index is 15.4. The second kappa shape index (κ2) is 7.70. The summed E-state index contributed by atoms with van der Waals surface area (Å²) in [4.78, 5) is 30.8. The van der Waals surface area contributed by atoms with Gasteiger partial charge in [-0.25, -0.2) is 18.2 Å². The molecule has 0 spiro atoms. The van der Waals surface area contributed by atoms with E-state index in [0.717, 1.165) is 21.4 Å². The van der Waals surface area contributed by atoms with Crippen molar-refractivity contribution in [1.82, 2.24) is 19.4 Å². The predicted molar refractivity (Wildman–Crippen MR) is 101 cm³/mol. The minimum absolute atomic E-state index is 0.218. The number of hydrogen-bond donors (Lipinski definition) is 1. The SMILES string of the molecule is O=C(c1cn(CCF)c2c(F)c(N3CCNCC3)c(F)cc2c1=O)n1ccnc1. The number of imidazole rings is 1. The number of carbonyl (C=O) groups is 1. The third kappa shape index (κ3) is 3.29. The van der Waals surface area contributed by atoms with Gasteiger partial charge in [0.15, 0.2) is 5.82 Å². The number of carbonyl (C=O) groups excluding carboxylic acids is 1. The van der Waals surface area contributed by atoms with Gasteiger partial charge in [0.1, 0.15) is 30.1 Å². The van der Waals surface area contributed by atoms with Crippen LogP contribution in [0.25, 0.3) is 10.9 Å². The van der Waals surface area contributed by atoms with Gasteiger partial charge in [-0.3, -0.25) is 14.2 Å². The van der Waals surface area contributed by atoms with Crippen molar-refractivity contribution >= 4 is 22.5 Å². The molecule has 0 unspecified atom stereocenters. The van der Waals surface area contributed by atoms with E-state index in [1.165, 1.54) is 18.7 Å². The molecule has 0 amide bonds. The molecule has 2 aromatic heterocycles. The van der Waals surface area contributed by atoms with Crippen LogP contribution in [0.15, 0.2) is 35.8 Å². The zero-order chi connectivity index (χ0) is 20.5. The summed E-state index contributed by atoms with van der Waals surface area (Å²) in [6, 6.07) is 0.928. The van der Waals surface area contributed by atoms with Crippen molar-refractivity contribution in [3.63, 3.8) is 0 Å². The monoisotopic (exact) mass is 405 g/mol. The molecule has 1 aliphatic heterocycles. The van der Waals surface area contributed by atoms with Gasteiger partial charge in [-0.15, -0.1) is 0 Å². The van der Waals surface area contributed by atoms with E-state index < -0.39 is 29.6 Å². The molecule has 1 N–H and O–H groups in total. The molecular weight excluding hydrogens is 387 g/mol. The molecule has 4 rings (SSSR count). The lowest BCUT2D eigenvalue weighted by Crippen LogP contribution is -2.44. The van der Waals surface area contributed by atoms with E-state index in [-0.39, 0.29) is 28.7 Å². The summed E-state index contributed by atoms with van der Waals surface area (Å²) in [7, 11) is 0. The number of nitrogens with one attached hydrogen (secondary N) is 1. The minimum atomic E-state index is -0.936. The van der Waals surface area contributed by atoms with Gasteiger partial charge in [-0.2, -0.15) is 0 Å². The lowest BCUT2D eigenvalue weighted by atomic mass is 10.1. The van der Waals surface area contributed by atoms with Crippen molar-refractivity contribution in [3.8, 4) is 0 Å². The standard InChI is InChI=1S/C19H18F3N5O2/c20-1-5-26-10-13(19(29)27-8-4-24-11-27)18(28)12-9-14(21)17(15(22)16(12)26)25-6-2-23-3-7-25/h4,8-11,23H,1-3,5-7H2. The van der Waals surface area contributed by atoms with Gasteiger partial charge in [0.25, 0.3) is 5.91 Å².